The number of aromatic nitrogens is 1. The Morgan fingerprint density at radius 2 is 1.85 bits per heavy atom. The zero-order valence-corrected chi connectivity index (χ0v) is 16.0. The molecule has 0 atom stereocenters. The summed E-state index contributed by atoms with van der Waals surface area (Å²) in [5, 5.41) is 3.89. The monoisotopic (exact) mass is 369 g/mol. The summed E-state index contributed by atoms with van der Waals surface area (Å²) in [5.74, 6) is 0.0812. The average molecular weight is 369 g/mol. The number of fused-ring (bicyclic) bond motifs is 1. The van der Waals surface area contributed by atoms with Crippen LogP contribution in [0, 0.1) is 20.8 Å². The van der Waals surface area contributed by atoms with E-state index in [2.05, 4.69) is 5.16 Å². The molecule has 1 aromatic carbocycles. The number of carbonyl (C=O) groups is 3. The average Bonchev–Trinajstić information content (AvgIpc) is 3.06. The van der Waals surface area contributed by atoms with Gasteiger partial charge in [-0.05, 0) is 39.3 Å². The molecule has 2 heterocycles. The Labute approximate surface area is 157 Å². The van der Waals surface area contributed by atoms with Crippen LogP contribution >= 0.6 is 0 Å². The minimum atomic E-state index is -0.286. The minimum Gasteiger partial charge on any atom is -0.361 e. The number of nitrogens with zero attached hydrogens (tertiary/aromatic N) is 3. The molecule has 3 amide bonds. The van der Waals surface area contributed by atoms with E-state index in [1.165, 1.54) is 4.90 Å². The molecule has 0 spiro atoms. The van der Waals surface area contributed by atoms with E-state index >= 15 is 0 Å². The Hall–Kier alpha value is -2.96. The van der Waals surface area contributed by atoms with E-state index in [1.54, 1.807) is 24.1 Å². The molecule has 7 heteroatoms. The zero-order valence-electron chi connectivity index (χ0n) is 16.0. The zero-order chi connectivity index (χ0) is 19.7. The van der Waals surface area contributed by atoms with Gasteiger partial charge >= 0.3 is 0 Å². The van der Waals surface area contributed by atoms with Gasteiger partial charge in [-0.15, -0.1) is 0 Å². The largest absolute Gasteiger partial charge is 0.361 e. The third-order valence-corrected chi connectivity index (χ3v) is 4.90. The lowest BCUT2D eigenvalue weighted by atomic mass is 10.1. The molecule has 1 aliphatic rings. The van der Waals surface area contributed by atoms with Gasteiger partial charge in [0.25, 0.3) is 11.8 Å². The van der Waals surface area contributed by atoms with Crippen molar-refractivity contribution in [3.05, 3.63) is 51.9 Å². The van der Waals surface area contributed by atoms with Crippen LogP contribution in [0.2, 0.25) is 0 Å². The van der Waals surface area contributed by atoms with Gasteiger partial charge in [0.05, 0.1) is 23.4 Å². The second kappa shape index (κ2) is 7.34. The van der Waals surface area contributed by atoms with E-state index in [9.17, 15) is 14.4 Å². The molecule has 0 saturated heterocycles. The van der Waals surface area contributed by atoms with Crippen molar-refractivity contribution in [3.8, 4) is 0 Å². The molecule has 142 valence electrons. The molecular formula is C20H23N3O4. The highest BCUT2D eigenvalue weighted by atomic mass is 16.5. The first kappa shape index (κ1) is 18.8. The molecule has 2 aromatic rings. The van der Waals surface area contributed by atoms with Crippen molar-refractivity contribution < 1.29 is 18.9 Å². The van der Waals surface area contributed by atoms with Crippen molar-refractivity contribution in [1.29, 1.82) is 0 Å². The summed E-state index contributed by atoms with van der Waals surface area (Å²) in [6.45, 7) is 6.20. The van der Waals surface area contributed by atoms with Crippen molar-refractivity contribution in [2.24, 2.45) is 0 Å². The van der Waals surface area contributed by atoms with Gasteiger partial charge in [0.1, 0.15) is 5.76 Å². The number of benzene rings is 1. The SMILES string of the molecule is Cc1ccc2c(c1)C(=O)N(CCCC(=O)N(C)Cc1c(C)noc1C)C2=O. The number of hydrogen-bond donors (Lipinski definition) is 0. The van der Waals surface area contributed by atoms with Crippen molar-refractivity contribution in [2.45, 2.75) is 40.2 Å². The van der Waals surface area contributed by atoms with Crippen LogP contribution in [0.5, 0.6) is 0 Å². The molecule has 1 aliphatic heterocycles. The third kappa shape index (κ3) is 3.63. The lowest BCUT2D eigenvalue weighted by Crippen LogP contribution is -2.32. The van der Waals surface area contributed by atoms with Crippen molar-refractivity contribution in [1.82, 2.24) is 15.0 Å². The Kier molecular flexibility index (Phi) is 5.12. The Morgan fingerprint density at radius 1 is 1.15 bits per heavy atom. The fourth-order valence-corrected chi connectivity index (χ4v) is 3.24. The Balaban J connectivity index is 1.55. The van der Waals surface area contributed by atoms with Gasteiger partial charge < -0.3 is 9.42 Å². The van der Waals surface area contributed by atoms with Crippen LogP contribution in [0.25, 0.3) is 0 Å². The first-order valence-corrected chi connectivity index (χ1v) is 8.92. The van der Waals surface area contributed by atoms with E-state index in [4.69, 9.17) is 4.52 Å². The summed E-state index contributed by atoms with van der Waals surface area (Å²) in [6.07, 6.45) is 0.682. The highest BCUT2D eigenvalue weighted by molar-refractivity contribution is 6.21. The molecule has 0 fully saturated rings. The maximum Gasteiger partial charge on any atom is 0.261 e. The second-order valence-electron chi connectivity index (χ2n) is 6.97. The number of carbonyl (C=O) groups excluding carboxylic acids is 3. The van der Waals surface area contributed by atoms with Crippen molar-refractivity contribution in [2.75, 3.05) is 13.6 Å². The molecule has 0 unspecified atom stereocenters. The standard InChI is InChI=1S/C20H23N3O4/c1-12-7-8-15-16(10-12)20(26)23(19(15)25)9-5-6-18(24)22(4)11-17-13(2)21-27-14(17)3/h7-8,10H,5-6,9,11H2,1-4H3. The van der Waals surface area contributed by atoms with Crippen LogP contribution in [0.3, 0.4) is 0 Å². The van der Waals surface area contributed by atoms with Gasteiger partial charge in [0.2, 0.25) is 5.91 Å². The minimum absolute atomic E-state index is 0.0533. The Morgan fingerprint density at radius 3 is 2.52 bits per heavy atom. The van der Waals surface area contributed by atoms with Gasteiger partial charge in [0.15, 0.2) is 0 Å². The number of imide groups is 1. The van der Waals surface area contributed by atoms with Gasteiger partial charge in [-0.3, -0.25) is 19.3 Å². The first-order valence-electron chi connectivity index (χ1n) is 8.92. The quantitative estimate of drug-likeness (QED) is 0.731. The maximum absolute atomic E-state index is 12.4. The summed E-state index contributed by atoms with van der Waals surface area (Å²) in [5.41, 5.74) is 3.50. The van der Waals surface area contributed by atoms with Crippen molar-refractivity contribution >= 4 is 17.7 Å². The number of rotatable bonds is 6. The lowest BCUT2D eigenvalue weighted by molar-refractivity contribution is -0.130. The molecule has 3 rings (SSSR count). The van der Waals surface area contributed by atoms with Crippen LogP contribution in [0.4, 0.5) is 0 Å². The van der Waals surface area contributed by atoms with E-state index in [0.717, 1.165) is 16.8 Å². The summed E-state index contributed by atoms with van der Waals surface area (Å²) in [4.78, 5) is 40.1. The topological polar surface area (TPSA) is 83.7 Å². The van der Waals surface area contributed by atoms with Gasteiger partial charge in [-0.1, -0.05) is 16.8 Å². The highest BCUT2D eigenvalue weighted by Gasteiger charge is 2.35. The normalized spacial score (nSPS) is 13.3. The van der Waals surface area contributed by atoms with Gasteiger partial charge in [-0.25, -0.2) is 0 Å². The fourth-order valence-electron chi connectivity index (χ4n) is 3.24. The Bertz CT molecular complexity index is 896. The smallest absolute Gasteiger partial charge is 0.261 e. The molecular weight excluding hydrogens is 346 g/mol. The van der Waals surface area contributed by atoms with Crippen LogP contribution in [-0.4, -0.2) is 46.3 Å². The van der Waals surface area contributed by atoms with E-state index < -0.39 is 0 Å². The number of hydrogen-bond acceptors (Lipinski definition) is 5. The molecule has 0 saturated carbocycles. The van der Waals surface area contributed by atoms with E-state index in [-0.39, 0.29) is 30.7 Å². The van der Waals surface area contributed by atoms with Crippen LogP contribution in [0.15, 0.2) is 22.7 Å². The highest BCUT2D eigenvalue weighted by Crippen LogP contribution is 2.24. The maximum atomic E-state index is 12.4. The van der Waals surface area contributed by atoms with E-state index in [0.29, 0.717) is 29.9 Å². The first-order chi connectivity index (χ1) is 12.8. The molecule has 0 aliphatic carbocycles. The second-order valence-corrected chi connectivity index (χ2v) is 6.97. The third-order valence-electron chi connectivity index (χ3n) is 4.90. The summed E-state index contributed by atoms with van der Waals surface area (Å²) in [7, 11) is 1.72. The van der Waals surface area contributed by atoms with Gasteiger partial charge in [0, 0.05) is 25.6 Å². The molecule has 27 heavy (non-hydrogen) atoms. The summed E-state index contributed by atoms with van der Waals surface area (Å²) in [6, 6.07) is 5.24. The van der Waals surface area contributed by atoms with Crippen LogP contribution in [0.1, 0.15) is 56.1 Å². The predicted octanol–water partition coefficient (Wildman–Crippen LogP) is 2.63. The molecule has 0 radical (unpaired) electrons. The summed E-state index contributed by atoms with van der Waals surface area (Å²) >= 11 is 0. The molecule has 0 N–H and O–H groups in total. The van der Waals surface area contributed by atoms with Crippen LogP contribution < -0.4 is 0 Å². The number of amides is 3. The van der Waals surface area contributed by atoms with Crippen LogP contribution in [-0.2, 0) is 11.3 Å². The lowest BCUT2D eigenvalue weighted by Gasteiger charge is -2.18. The molecule has 0 bridgehead atoms. The fraction of sp³-hybridized carbons (Fsp3) is 0.400. The molecule has 1 aromatic heterocycles. The molecule has 7 nitrogen and oxygen atoms in total. The summed E-state index contributed by atoms with van der Waals surface area (Å²) < 4.78 is 5.12. The van der Waals surface area contributed by atoms with E-state index in [1.807, 2.05) is 26.8 Å². The van der Waals surface area contributed by atoms with Crippen molar-refractivity contribution in [3.63, 3.8) is 0 Å². The predicted molar refractivity (Wildman–Crippen MR) is 98.2 cm³/mol. The van der Waals surface area contributed by atoms with Gasteiger partial charge in [-0.2, -0.15) is 0 Å². The number of aryl methyl sites for hydroxylation is 3.